The lowest BCUT2D eigenvalue weighted by Crippen LogP contribution is -2.12. The summed E-state index contributed by atoms with van der Waals surface area (Å²) in [5.74, 6) is 1.91. The van der Waals surface area contributed by atoms with Crippen LogP contribution in [0, 0.1) is 13.8 Å². The zero-order valence-corrected chi connectivity index (χ0v) is 11.9. The van der Waals surface area contributed by atoms with E-state index in [4.69, 9.17) is 0 Å². The van der Waals surface area contributed by atoms with Gasteiger partial charge in [0.05, 0.1) is 5.39 Å². The van der Waals surface area contributed by atoms with Gasteiger partial charge in [-0.25, -0.2) is 9.97 Å². The fraction of sp³-hybridized carbons (Fsp3) is 0.538. The third-order valence-electron chi connectivity index (χ3n) is 2.82. The molecule has 2 rings (SSSR count). The van der Waals surface area contributed by atoms with E-state index in [1.54, 1.807) is 11.3 Å². The van der Waals surface area contributed by atoms with Crippen molar-refractivity contribution in [2.75, 3.05) is 5.32 Å². The Labute approximate surface area is 106 Å². The van der Waals surface area contributed by atoms with E-state index in [2.05, 4.69) is 49.9 Å². The number of nitrogens with one attached hydrogen (secondary N) is 1. The molecule has 0 aliphatic carbocycles. The topological polar surface area (TPSA) is 37.8 Å². The first kappa shape index (κ1) is 12.3. The lowest BCUT2D eigenvalue weighted by Gasteiger charge is -2.11. The minimum absolute atomic E-state index is 0.386. The van der Waals surface area contributed by atoms with Crippen LogP contribution in [0.5, 0.6) is 0 Å². The second-order valence-corrected chi connectivity index (χ2v) is 5.81. The fourth-order valence-electron chi connectivity index (χ4n) is 1.83. The molecule has 0 saturated carbocycles. The van der Waals surface area contributed by atoms with Crippen LogP contribution in [-0.2, 0) is 6.42 Å². The molecule has 2 aromatic heterocycles. The predicted octanol–water partition coefficient (Wildman–Crippen LogP) is 3.69. The van der Waals surface area contributed by atoms with Gasteiger partial charge in [0.15, 0.2) is 0 Å². The van der Waals surface area contributed by atoms with Crippen LogP contribution in [-0.4, -0.2) is 16.0 Å². The molecule has 2 heterocycles. The number of rotatable bonds is 3. The molecule has 0 saturated heterocycles. The third-order valence-corrected chi connectivity index (χ3v) is 3.92. The molecule has 0 amide bonds. The molecule has 0 unspecified atom stereocenters. The zero-order chi connectivity index (χ0) is 12.6. The largest absolute Gasteiger partial charge is 0.367 e. The number of anilines is 1. The highest BCUT2D eigenvalue weighted by Gasteiger charge is 2.14. The second-order valence-electron chi connectivity index (χ2n) is 4.60. The Hall–Kier alpha value is -1.16. The van der Waals surface area contributed by atoms with Crippen molar-refractivity contribution in [1.29, 1.82) is 0 Å². The van der Waals surface area contributed by atoms with Gasteiger partial charge in [0.2, 0.25) is 0 Å². The minimum Gasteiger partial charge on any atom is -0.367 e. The van der Waals surface area contributed by atoms with E-state index in [0.29, 0.717) is 6.04 Å². The van der Waals surface area contributed by atoms with E-state index in [1.807, 2.05) is 0 Å². The summed E-state index contributed by atoms with van der Waals surface area (Å²) in [5, 5.41) is 4.63. The summed E-state index contributed by atoms with van der Waals surface area (Å²) in [6.07, 6.45) is 0.874. The maximum Gasteiger partial charge on any atom is 0.138 e. The zero-order valence-electron chi connectivity index (χ0n) is 11.1. The second kappa shape index (κ2) is 4.61. The molecule has 0 aliphatic heterocycles. The molecule has 0 bridgehead atoms. The molecular formula is C13H19N3S. The molecule has 0 radical (unpaired) electrons. The van der Waals surface area contributed by atoms with E-state index in [9.17, 15) is 0 Å². The number of hydrogen-bond acceptors (Lipinski definition) is 4. The smallest absolute Gasteiger partial charge is 0.138 e. The molecule has 0 aromatic carbocycles. The molecule has 1 N–H and O–H groups in total. The highest BCUT2D eigenvalue weighted by Crippen LogP contribution is 2.33. The summed E-state index contributed by atoms with van der Waals surface area (Å²) in [4.78, 5) is 11.7. The Morgan fingerprint density at radius 3 is 2.53 bits per heavy atom. The van der Waals surface area contributed by atoms with Crippen LogP contribution in [0.4, 0.5) is 5.82 Å². The van der Waals surface area contributed by atoms with Gasteiger partial charge in [-0.2, -0.15) is 0 Å². The highest BCUT2D eigenvalue weighted by atomic mass is 32.1. The molecule has 0 spiro atoms. The normalized spacial score (nSPS) is 11.4. The molecule has 4 heteroatoms. The van der Waals surface area contributed by atoms with Crippen molar-refractivity contribution in [3.63, 3.8) is 0 Å². The number of aromatic nitrogens is 2. The Morgan fingerprint density at radius 2 is 1.94 bits per heavy atom. The van der Waals surface area contributed by atoms with Crippen LogP contribution >= 0.6 is 11.3 Å². The van der Waals surface area contributed by atoms with Crippen LogP contribution in [0.2, 0.25) is 0 Å². The average molecular weight is 249 g/mol. The number of nitrogens with zero attached hydrogens (tertiary/aromatic N) is 2. The van der Waals surface area contributed by atoms with E-state index in [1.165, 1.54) is 15.8 Å². The first-order valence-electron chi connectivity index (χ1n) is 6.06. The number of thiophene rings is 1. The summed E-state index contributed by atoms with van der Waals surface area (Å²) < 4.78 is 0. The van der Waals surface area contributed by atoms with Gasteiger partial charge >= 0.3 is 0 Å². The lowest BCUT2D eigenvalue weighted by molar-refractivity contribution is 0.877. The van der Waals surface area contributed by atoms with Crippen LogP contribution in [0.3, 0.4) is 0 Å². The molecule has 3 nitrogen and oxygen atoms in total. The van der Waals surface area contributed by atoms with Gasteiger partial charge in [-0.15, -0.1) is 11.3 Å². The predicted molar refractivity (Wildman–Crippen MR) is 75.0 cm³/mol. The summed E-state index contributed by atoms with van der Waals surface area (Å²) in [6.45, 7) is 10.6. The minimum atomic E-state index is 0.386. The molecular weight excluding hydrogens is 230 g/mol. The van der Waals surface area contributed by atoms with Gasteiger partial charge in [0.25, 0.3) is 0 Å². The van der Waals surface area contributed by atoms with Gasteiger partial charge in [-0.1, -0.05) is 6.92 Å². The van der Waals surface area contributed by atoms with Gasteiger partial charge in [0, 0.05) is 17.3 Å². The van der Waals surface area contributed by atoms with Gasteiger partial charge in [-0.3, -0.25) is 0 Å². The quantitative estimate of drug-likeness (QED) is 0.901. The maximum absolute atomic E-state index is 4.62. The van der Waals surface area contributed by atoms with Crippen molar-refractivity contribution in [2.24, 2.45) is 0 Å². The Morgan fingerprint density at radius 1 is 1.24 bits per heavy atom. The van der Waals surface area contributed by atoms with Crippen molar-refractivity contribution < 1.29 is 0 Å². The number of aryl methyl sites for hydroxylation is 3. The van der Waals surface area contributed by atoms with Crippen LogP contribution in [0.1, 0.15) is 37.0 Å². The van der Waals surface area contributed by atoms with Crippen molar-refractivity contribution >= 4 is 27.4 Å². The fourth-order valence-corrected chi connectivity index (χ4v) is 2.88. The lowest BCUT2D eigenvalue weighted by atomic mass is 10.2. The molecule has 92 valence electrons. The van der Waals surface area contributed by atoms with Crippen molar-refractivity contribution in [2.45, 2.75) is 47.1 Å². The van der Waals surface area contributed by atoms with Crippen LogP contribution < -0.4 is 5.32 Å². The van der Waals surface area contributed by atoms with Crippen LogP contribution in [0.25, 0.3) is 10.2 Å². The number of fused-ring (bicyclic) bond motifs is 1. The summed E-state index contributed by atoms with van der Waals surface area (Å²) in [5.41, 5.74) is 1.30. The standard InChI is InChI=1S/C13H19N3S/c1-6-10-15-12(14-7(2)3)11-8(4)9(5)17-13(11)16-10/h7H,6H2,1-5H3,(H,14,15,16). The molecule has 0 fully saturated rings. The van der Waals surface area contributed by atoms with E-state index in [0.717, 1.165) is 22.9 Å². The SMILES string of the molecule is CCc1nc(NC(C)C)c2c(C)c(C)sc2n1. The van der Waals surface area contributed by atoms with Gasteiger partial charge in [0.1, 0.15) is 16.5 Å². The molecule has 2 aromatic rings. The first-order valence-corrected chi connectivity index (χ1v) is 6.87. The monoisotopic (exact) mass is 249 g/mol. The summed E-state index contributed by atoms with van der Waals surface area (Å²) >= 11 is 1.76. The Bertz CT molecular complexity index is 543. The number of hydrogen-bond donors (Lipinski definition) is 1. The summed E-state index contributed by atoms with van der Waals surface area (Å²) in [7, 11) is 0. The average Bonchev–Trinajstić information content (AvgIpc) is 2.54. The highest BCUT2D eigenvalue weighted by molar-refractivity contribution is 7.18. The Balaban J connectivity index is 2.68. The summed E-state index contributed by atoms with van der Waals surface area (Å²) in [6, 6.07) is 0.386. The third kappa shape index (κ3) is 2.27. The van der Waals surface area contributed by atoms with Crippen molar-refractivity contribution in [3.05, 3.63) is 16.3 Å². The van der Waals surface area contributed by atoms with E-state index >= 15 is 0 Å². The van der Waals surface area contributed by atoms with Crippen molar-refractivity contribution in [1.82, 2.24) is 9.97 Å². The maximum atomic E-state index is 4.62. The van der Waals surface area contributed by atoms with Crippen molar-refractivity contribution in [3.8, 4) is 0 Å². The molecule has 0 aliphatic rings. The van der Waals surface area contributed by atoms with Crippen LogP contribution in [0.15, 0.2) is 0 Å². The molecule has 0 atom stereocenters. The first-order chi connectivity index (χ1) is 8.02. The van der Waals surface area contributed by atoms with E-state index in [-0.39, 0.29) is 0 Å². The van der Waals surface area contributed by atoms with Gasteiger partial charge < -0.3 is 5.32 Å². The molecule has 17 heavy (non-hydrogen) atoms. The van der Waals surface area contributed by atoms with Gasteiger partial charge in [-0.05, 0) is 33.3 Å². The van der Waals surface area contributed by atoms with E-state index < -0.39 is 0 Å². The Kier molecular flexibility index (Phi) is 3.33.